The molecule has 0 radical (unpaired) electrons. The lowest BCUT2D eigenvalue weighted by atomic mass is 9.90. The third-order valence-electron chi connectivity index (χ3n) is 1.95. The van der Waals surface area contributed by atoms with Crippen LogP contribution in [0.25, 0.3) is 0 Å². The van der Waals surface area contributed by atoms with Gasteiger partial charge in [0.05, 0.1) is 5.92 Å². The van der Waals surface area contributed by atoms with Gasteiger partial charge < -0.3 is 5.11 Å². The molecular formula is C7H15AlO2. The molecule has 0 heterocycles. The molecule has 10 heavy (non-hydrogen) atoms. The molecule has 3 heteroatoms. The first-order valence-electron chi connectivity index (χ1n) is 3.53. The van der Waals surface area contributed by atoms with Crippen LogP contribution in [0.2, 0.25) is 0 Å². The van der Waals surface area contributed by atoms with Crippen LogP contribution in [0.4, 0.5) is 0 Å². The Hall–Kier alpha value is 0.00247. The van der Waals surface area contributed by atoms with Gasteiger partial charge in [0, 0.05) is 0 Å². The van der Waals surface area contributed by atoms with E-state index in [1.165, 1.54) is 6.42 Å². The first-order chi connectivity index (χ1) is 4.30. The van der Waals surface area contributed by atoms with Crippen molar-refractivity contribution in [3.63, 3.8) is 0 Å². The number of carboxylic acid groups (broad SMARTS) is 1. The summed E-state index contributed by atoms with van der Waals surface area (Å²) in [7, 11) is 0. The second-order valence-corrected chi connectivity index (χ2v) is 2.67. The molecule has 0 aliphatic heterocycles. The summed E-state index contributed by atoms with van der Waals surface area (Å²) >= 11 is 0. The van der Waals surface area contributed by atoms with Crippen LogP contribution in [0, 0.1) is 5.92 Å². The van der Waals surface area contributed by atoms with Gasteiger partial charge in [-0.15, -0.1) is 0 Å². The highest BCUT2D eigenvalue weighted by molar-refractivity contribution is 5.75. The molecule has 1 saturated carbocycles. The Morgan fingerprint density at radius 2 is 1.70 bits per heavy atom. The second-order valence-electron chi connectivity index (χ2n) is 2.67. The van der Waals surface area contributed by atoms with Crippen molar-refractivity contribution >= 4 is 23.3 Å². The van der Waals surface area contributed by atoms with Gasteiger partial charge in [-0.2, -0.15) is 0 Å². The van der Waals surface area contributed by atoms with Gasteiger partial charge in [0.1, 0.15) is 0 Å². The van der Waals surface area contributed by atoms with Gasteiger partial charge >= 0.3 is 5.97 Å². The highest BCUT2D eigenvalue weighted by Crippen LogP contribution is 2.23. The fourth-order valence-corrected chi connectivity index (χ4v) is 1.35. The van der Waals surface area contributed by atoms with E-state index in [0.29, 0.717) is 0 Å². The molecule has 0 spiro atoms. The van der Waals surface area contributed by atoms with Crippen LogP contribution in [0.15, 0.2) is 0 Å². The molecule has 2 nitrogen and oxygen atoms in total. The molecule has 0 aromatic carbocycles. The van der Waals surface area contributed by atoms with Crippen LogP contribution in [0.1, 0.15) is 32.1 Å². The lowest BCUT2D eigenvalue weighted by molar-refractivity contribution is -0.142. The zero-order valence-electron chi connectivity index (χ0n) is 5.47. The number of carboxylic acids is 1. The minimum absolute atomic E-state index is 0. The van der Waals surface area contributed by atoms with Gasteiger partial charge in [-0.1, -0.05) is 19.3 Å². The summed E-state index contributed by atoms with van der Waals surface area (Å²) in [5, 5.41) is 8.54. The van der Waals surface area contributed by atoms with Gasteiger partial charge in [-0.3, -0.25) is 4.79 Å². The first kappa shape index (κ1) is 10.0. The first-order valence-corrected chi connectivity index (χ1v) is 3.53. The number of carbonyl (C=O) groups is 1. The van der Waals surface area contributed by atoms with Crippen molar-refractivity contribution in [2.45, 2.75) is 32.1 Å². The van der Waals surface area contributed by atoms with Gasteiger partial charge in [0.2, 0.25) is 0 Å². The Morgan fingerprint density at radius 3 is 2.00 bits per heavy atom. The molecule has 0 saturated heterocycles. The zero-order chi connectivity index (χ0) is 6.69. The van der Waals surface area contributed by atoms with Gasteiger partial charge in [-0.05, 0) is 12.8 Å². The predicted molar refractivity (Wildman–Crippen MR) is 44.1 cm³/mol. The quantitative estimate of drug-likeness (QED) is 0.563. The maximum absolute atomic E-state index is 10.4. The summed E-state index contributed by atoms with van der Waals surface area (Å²) in [5.74, 6) is -0.631. The monoisotopic (exact) mass is 158 g/mol. The Bertz CT molecular complexity index is 108. The van der Waals surface area contributed by atoms with Gasteiger partial charge in [-0.25, -0.2) is 0 Å². The Labute approximate surface area is 71.8 Å². The van der Waals surface area contributed by atoms with Gasteiger partial charge in [0.25, 0.3) is 0 Å². The molecule has 1 fully saturated rings. The van der Waals surface area contributed by atoms with Crippen LogP contribution >= 0.6 is 0 Å². The smallest absolute Gasteiger partial charge is 0.306 e. The van der Waals surface area contributed by atoms with E-state index in [1.54, 1.807) is 0 Å². The van der Waals surface area contributed by atoms with Crippen molar-refractivity contribution in [3.8, 4) is 0 Å². The molecule has 1 rings (SSSR count). The maximum atomic E-state index is 10.4. The average Bonchev–Trinajstić information content (AvgIpc) is 1.90. The van der Waals surface area contributed by atoms with Crippen molar-refractivity contribution in [1.82, 2.24) is 0 Å². The van der Waals surface area contributed by atoms with Crippen LogP contribution in [0.3, 0.4) is 0 Å². The minimum atomic E-state index is -0.602. The lowest BCUT2D eigenvalue weighted by Gasteiger charge is -2.16. The largest absolute Gasteiger partial charge is 0.481 e. The summed E-state index contributed by atoms with van der Waals surface area (Å²) in [4.78, 5) is 10.4. The van der Waals surface area contributed by atoms with E-state index in [0.717, 1.165) is 25.7 Å². The van der Waals surface area contributed by atoms with E-state index in [9.17, 15) is 4.79 Å². The van der Waals surface area contributed by atoms with Gasteiger partial charge in [0.15, 0.2) is 17.4 Å². The highest BCUT2D eigenvalue weighted by Gasteiger charge is 2.19. The highest BCUT2D eigenvalue weighted by atomic mass is 27.0. The molecule has 0 atom stereocenters. The van der Waals surface area contributed by atoms with Crippen LogP contribution in [-0.4, -0.2) is 28.4 Å². The van der Waals surface area contributed by atoms with Crippen molar-refractivity contribution in [2.24, 2.45) is 5.92 Å². The zero-order valence-corrected chi connectivity index (χ0v) is 5.47. The Morgan fingerprint density at radius 1 is 1.20 bits per heavy atom. The van der Waals surface area contributed by atoms with E-state index in [-0.39, 0.29) is 23.3 Å². The lowest BCUT2D eigenvalue weighted by Crippen LogP contribution is -2.16. The number of hydrogen-bond donors (Lipinski definition) is 1. The number of hydrogen-bond acceptors (Lipinski definition) is 1. The number of aliphatic carboxylic acids is 1. The van der Waals surface area contributed by atoms with Crippen molar-refractivity contribution in [1.29, 1.82) is 0 Å². The molecule has 0 aromatic heterocycles. The maximum Gasteiger partial charge on any atom is 0.306 e. The van der Waals surface area contributed by atoms with Crippen molar-refractivity contribution in [2.75, 3.05) is 0 Å². The normalized spacial score (nSPS) is 19.6. The SMILES string of the molecule is O=C(O)C1CCCCC1.[AlH3]. The Balaban J connectivity index is 0.000000810. The summed E-state index contributed by atoms with van der Waals surface area (Å²) in [6, 6.07) is 0. The molecule has 0 bridgehead atoms. The summed E-state index contributed by atoms with van der Waals surface area (Å²) in [6.45, 7) is 0. The van der Waals surface area contributed by atoms with E-state index < -0.39 is 5.97 Å². The Kier molecular flexibility index (Phi) is 4.76. The molecule has 0 aromatic rings. The summed E-state index contributed by atoms with van der Waals surface area (Å²) in [5.41, 5.74) is 0. The molecular weight excluding hydrogens is 143 g/mol. The van der Waals surface area contributed by atoms with Crippen LogP contribution < -0.4 is 0 Å². The second kappa shape index (κ2) is 4.76. The van der Waals surface area contributed by atoms with Crippen molar-refractivity contribution < 1.29 is 9.90 Å². The molecule has 1 aliphatic carbocycles. The number of rotatable bonds is 1. The van der Waals surface area contributed by atoms with E-state index in [4.69, 9.17) is 5.11 Å². The fourth-order valence-electron chi connectivity index (χ4n) is 1.35. The fraction of sp³-hybridized carbons (Fsp3) is 0.857. The van der Waals surface area contributed by atoms with Crippen LogP contribution in [0.5, 0.6) is 0 Å². The topological polar surface area (TPSA) is 37.3 Å². The third kappa shape index (κ3) is 2.72. The van der Waals surface area contributed by atoms with Crippen LogP contribution in [-0.2, 0) is 4.79 Å². The standard InChI is InChI=1S/C7H12O2.Al.3H/c8-7(9)6-4-2-1-3-5-6;;;;/h6H,1-5H2,(H,8,9);;;;. The molecule has 1 aliphatic rings. The summed E-state index contributed by atoms with van der Waals surface area (Å²) < 4.78 is 0. The molecule has 0 unspecified atom stereocenters. The molecule has 0 amide bonds. The van der Waals surface area contributed by atoms with Crippen molar-refractivity contribution in [3.05, 3.63) is 0 Å². The predicted octanol–water partition coefficient (Wildman–Crippen LogP) is 0.467. The minimum Gasteiger partial charge on any atom is -0.481 e. The van der Waals surface area contributed by atoms with E-state index in [2.05, 4.69) is 0 Å². The third-order valence-corrected chi connectivity index (χ3v) is 1.95. The van der Waals surface area contributed by atoms with E-state index >= 15 is 0 Å². The molecule has 58 valence electrons. The summed E-state index contributed by atoms with van der Waals surface area (Å²) in [6.07, 6.45) is 5.24. The average molecular weight is 158 g/mol. The van der Waals surface area contributed by atoms with E-state index in [1.807, 2.05) is 0 Å². The molecule has 1 N–H and O–H groups in total.